The second-order valence-corrected chi connectivity index (χ2v) is 5.32. The van der Waals surface area contributed by atoms with Crippen LogP contribution in [0.1, 0.15) is 39.0 Å². The zero-order valence-corrected chi connectivity index (χ0v) is 9.85. The number of hydrogen-bond acceptors (Lipinski definition) is 3. The molecule has 0 bridgehead atoms. The molecule has 2 rings (SSSR count). The third-order valence-corrected chi connectivity index (χ3v) is 4.03. The Hall–Kier alpha value is -0.610. The molecule has 4 heteroatoms. The maximum atomic E-state index is 12.1. The van der Waals surface area contributed by atoms with Gasteiger partial charge < -0.3 is 15.1 Å². The molecule has 0 radical (unpaired) electrons. The molecular weight excluding hydrogens is 206 g/mol. The van der Waals surface area contributed by atoms with Crippen LogP contribution in [0, 0.1) is 5.92 Å². The summed E-state index contributed by atoms with van der Waals surface area (Å²) < 4.78 is 0. The first kappa shape index (κ1) is 11.9. The minimum atomic E-state index is -1.14. The topological polar surface area (TPSA) is 60.8 Å². The van der Waals surface area contributed by atoms with Crippen molar-refractivity contribution >= 4 is 5.91 Å². The van der Waals surface area contributed by atoms with Gasteiger partial charge in [0.1, 0.15) is 5.60 Å². The lowest BCUT2D eigenvalue weighted by Crippen LogP contribution is -2.53. The van der Waals surface area contributed by atoms with Gasteiger partial charge in [0.15, 0.2) is 0 Å². The van der Waals surface area contributed by atoms with Crippen LogP contribution in [0.15, 0.2) is 0 Å². The highest BCUT2D eigenvalue weighted by Crippen LogP contribution is 2.32. The summed E-state index contributed by atoms with van der Waals surface area (Å²) in [6.07, 6.45) is 3.39. The number of hydrogen-bond donors (Lipinski definition) is 2. The van der Waals surface area contributed by atoms with Crippen molar-refractivity contribution in [2.75, 3.05) is 13.1 Å². The van der Waals surface area contributed by atoms with E-state index in [1.54, 1.807) is 4.90 Å². The first-order valence-electron chi connectivity index (χ1n) is 6.23. The van der Waals surface area contributed by atoms with E-state index in [2.05, 4.69) is 0 Å². The van der Waals surface area contributed by atoms with E-state index in [0.29, 0.717) is 25.9 Å². The smallest absolute Gasteiger partial charge is 0.254 e. The largest absolute Gasteiger partial charge is 0.391 e. The van der Waals surface area contributed by atoms with Crippen molar-refractivity contribution in [2.45, 2.75) is 50.7 Å². The van der Waals surface area contributed by atoms with E-state index in [1.165, 1.54) is 0 Å². The number of likely N-dealkylation sites (tertiary alicyclic amines) is 1. The van der Waals surface area contributed by atoms with Gasteiger partial charge in [-0.15, -0.1) is 0 Å². The zero-order valence-electron chi connectivity index (χ0n) is 9.85. The lowest BCUT2D eigenvalue weighted by Gasteiger charge is -2.37. The normalized spacial score (nSPS) is 34.1. The van der Waals surface area contributed by atoms with Gasteiger partial charge in [-0.1, -0.05) is 6.92 Å². The first-order valence-corrected chi connectivity index (χ1v) is 6.23. The fourth-order valence-electron chi connectivity index (χ4n) is 2.70. The molecule has 2 unspecified atom stereocenters. The standard InChI is InChI=1S/C12H21NO3/c1-9-4-7-13(8-10(9)14)11(15)12(16)5-2-3-6-12/h9-10,14,16H,2-8H2,1H3. The number of β-amino-alcohol motifs (C(OH)–C–C–N with tert-alkyl or cyclic N) is 1. The van der Waals surface area contributed by atoms with Crippen molar-refractivity contribution in [2.24, 2.45) is 5.92 Å². The van der Waals surface area contributed by atoms with Gasteiger partial charge in [-0.05, 0) is 38.0 Å². The van der Waals surface area contributed by atoms with Crippen LogP contribution in [0.5, 0.6) is 0 Å². The molecule has 2 aliphatic rings. The molecule has 92 valence electrons. The van der Waals surface area contributed by atoms with E-state index in [-0.39, 0.29) is 11.8 Å². The van der Waals surface area contributed by atoms with Crippen LogP contribution in [0.3, 0.4) is 0 Å². The van der Waals surface area contributed by atoms with Gasteiger partial charge in [0.2, 0.25) is 0 Å². The number of carbonyl (C=O) groups is 1. The number of rotatable bonds is 1. The molecule has 0 spiro atoms. The summed E-state index contributed by atoms with van der Waals surface area (Å²) in [5.41, 5.74) is -1.14. The van der Waals surface area contributed by atoms with Gasteiger partial charge in [-0.2, -0.15) is 0 Å². The van der Waals surface area contributed by atoms with Crippen molar-refractivity contribution in [1.82, 2.24) is 4.90 Å². The van der Waals surface area contributed by atoms with Gasteiger partial charge in [0.05, 0.1) is 6.10 Å². The molecule has 1 amide bonds. The third-order valence-electron chi connectivity index (χ3n) is 4.03. The van der Waals surface area contributed by atoms with Gasteiger partial charge in [-0.3, -0.25) is 4.79 Å². The summed E-state index contributed by atoms with van der Waals surface area (Å²) in [4.78, 5) is 13.8. The summed E-state index contributed by atoms with van der Waals surface area (Å²) >= 11 is 0. The number of piperidine rings is 1. The highest BCUT2D eigenvalue weighted by Gasteiger charge is 2.43. The fraction of sp³-hybridized carbons (Fsp3) is 0.917. The molecule has 16 heavy (non-hydrogen) atoms. The quantitative estimate of drug-likeness (QED) is 0.686. The Kier molecular flexibility index (Phi) is 3.22. The van der Waals surface area contributed by atoms with Crippen LogP contribution in [-0.4, -0.2) is 45.8 Å². The van der Waals surface area contributed by atoms with Gasteiger partial charge in [0.25, 0.3) is 5.91 Å². The SMILES string of the molecule is CC1CCN(C(=O)C2(O)CCCC2)CC1O. The summed E-state index contributed by atoms with van der Waals surface area (Å²) in [6, 6.07) is 0. The van der Waals surface area contributed by atoms with Crippen LogP contribution in [0.25, 0.3) is 0 Å². The second kappa shape index (κ2) is 4.34. The molecule has 1 saturated heterocycles. The molecule has 2 fully saturated rings. The Morgan fingerprint density at radius 2 is 2.00 bits per heavy atom. The zero-order chi connectivity index (χ0) is 11.8. The van der Waals surface area contributed by atoms with Crippen LogP contribution in [0.2, 0.25) is 0 Å². The summed E-state index contributed by atoms with van der Waals surface area (Å²) in [5, 5.41) is 19.9. The summed E-state index contributed by atoms with van der Waals surface area (Å²) in [7, 11) is 0. The Bertz CT molecular complexity index is 273. The monoisotopic (exact) mass is 227 g/mol. The van der Waals surface area contributed by atoms with Crippen LogP contribution in [-0.2, 0) is 4.79 Å². The van der Waals surface area contributed by atoms with Crippen molar-refractivity contribution < 1.29 is 15.0 Å². The molecule has 1 aliphatic heterocycles. The molecular formula is C12H21NO3. The van der Waals surface area contributed by atoms with E-state index in [4.69, 9.17) is 0 Å². The Balaban J connectivity index is 2.00. The van der Waals surface area contributed by atoms with E-state index in [1.807, 2.05) is 6.92 Å². The molecule has 0 aromatic rings. The van der Waals surface area contributed by atoms with Crippen LogP contribution < -0.4 is 0 Å². The molecule has 2 N–H and O–H groups in total. The van der Waals surface area contributed by atoms with E-state index in [0.717, 1.165) is 19.3 Å². The number of carbonyl (C=O) groups excluding carboxylic acids is 1. The average molecular weight is 227 g/mol. The average Bonchev–Trinajstić information content (AvgIpc) is 2.70. The Labute approximate surface area is 96.3 Å². The first-order chi connectivity index (χ1) is 7.53. The van der Waals surface area contributed by atoms with Gasteiger partial charge in [0, 0.05) is 13.1 Å². The number of amides is 1. The van der Waals surface area contributed by atoms with Crippen molar-refractivity contribution in [3.05, 3.63) is 0 Å². The van der Waals surface area contributed by atoms with Crippen LogP contribution >= 0.6 is 0 Å². The summed E-state index contributed by atoms with van der Waals surface area (Å²) in [5.74, 6) is 0.0817. The maximum Gasteiger partial charge on any atom is 0.254 e. The molecule has 4 nitrogen and oxygen atoms in total. The highest BCUT2D eigenvalue weighted by atomic mass is 16.3. The Morgan fingerprint density at radius 3 is 2.56 bits per heavy atom. The van der Waals surface area contributed by atoms with Gasteiger partial charge in [-0.25, -0.2) is 0 Å². The highest BCUT2D eigenvalue weighted by molar-refractivity contribution is 5.85. The van der Waals surface area contributed by atoms with E-state index in [9.17, 15) is 15.0 Å². The van der Waals surface area contributed by atoms with E-state index >= 15 is 0 Å². The molecule has 1 heterocycles. The third kappa shape index (κ3) is 2.09. The predicted octanol–water partition coefficient (Wildman–Crippen LogP) is 0.521. The number of aliphatic hydroxyl groups is 2. The minimum Gasteiger partial charge on any atom is -0.391 e. The maximum absolute atomic E-state index is 12.1. The lowest BCUT2D eigenvalue weighted by atomic mass is 9.93. The lowest BCUT2D eigenvalue weighted by molar-refractivity contribution is -0.154. The summed E-state index contributed by atoms with van der Waals surface area (Å²) in [6.45, 7) is 3.04. The van der Waals surface area contributed by atoms with Crippen molar-refractivity contribution in [3.8, 4) is 0 Å². The fourth-order valence-corrected chi connectivity index (χ4v) is 2.70. The Morgan fingerprint density at radius 1 is 1.38 bits per heavy atom. The minimum absolute atomic E-state index is 0.170. The number of aliphatic hydroxyl groups excluding tert-OH is 1. The predicted molar refractivity (Wildman–Crippen MR) is 59.8 cm³/mol. The van der Waals surface area contributed by atoms with Crippen molar-refractivity contribution in [1.29, 1.82) is 0 Å². The molecule has 0 aromatic carbocycles. The second-order valence-electron chi connectivity index (χ2n) is 5.32. The van der Waals surface area contributed by atoms with Crippen LogP contribution in [0.4, 0.5) is 0 Å². The molecule has 0 aromatic heterocycles. The van der Waals surface area contributed by atoms with Gasteiger partial charge >= 0.3 is 0 Å². The molecule has 1 aliphatic carbocycles. The number of nitrogens with zero attached hydrogens (tertiary/aromatic N) is 1. The molecule has 1 saturated carbocycles. The van der Waals surface area contributed by atoms with Crippen molar-refractivity contribution in [3.63, 3.8) is 0 Å². The van der Waals surface area contributed by atoms with E-state index < -0.39 is 11.7 Å². The molecule has 2 atom stereocenters.